The molecule has 2 aliphatic rings. The number of nitrogens with one attached hydrogen (secondary N) is 3. The number of hydroxylamine groups is 2. The third-order valence-corrected chi connectivity index (χ3v) is 10.6. The number of unbranched alkanes of at least 4 members (excludes halogenated alkanes) is 1. The number of alkyl carbamates (subject to hydrolysis) is 1. The maximum Gasteiger partial charge on any atom is 0.408 e. The van der Waals surface area contributed by atoms with E-state index in [-0.39, 0.29) is 42.7 Å². The van der Waals surface area contributed by atoms with E-state index < -0.39 is 58.8 Å². The second kappa shape index (κ2) is 20.6. The van der Waals surface area contributed by atoms with E-state index in [9.17, 15) is 29.2 Å². The first kappa shape index (κ1) is 47.4. The first-order valence-corrected chi connectivity index (χ1v) is 20.8. The minimum Gasteiger partial charge on any atom is -0.462 e. The van der Waals surface area contributed by atoms with Crippen LogP contribution in [0.2, 0.25) is 0 Å². The maximum absolute atomic E-state index is 14.4. The molecule has 0 unspecified atom stereocenters. The summed E-state index contributed by atoms with van der Waals surface area (Å²) in [5, 5.41) is 21.0. The predicted molar refractivity (Wildman–Crippen MR) is 220 cm³/mol. The third-order valence-electron chi connectivity index (χ3n) is 10.6. The van der Waals surface area contributed by atoms with Crippen LogP contribution in [0.15, 0.2) is 42.5 Å². The van der Waals surface area contributed by atoms with Gasteiger partial charge in [-0.05, 0) is 119 Å². The van der Waals surface area contributed by atoms with Crippen LogP contribution >= 0.6 is 0 Å². The largest absolute Gasteiger partial charge is 0.462 e. The Morgan fingerprint density at radius 1 is 0.965 bits per heavy atom. The molecule has 4 N–H and O–H groups in total. The molecule has 1 aromatic carbocycles. The number of hydrogen-bond donors (Lipinski definition) is 4. The Hall–Kier alpha value is -3.97. The number of benzene rings is 1. The van der Waals surface area contributed by atoms with Gasteiger partial charge in [0, 0.05) is 18.5 Å². The van der Waals surface area contributed by atoms with E-state index in [1.807, 2.05) is 70.2 Å². The lowest BCUT2D eigenvalue weighted by Gasteiger charge is -2.35. The summed E-state index contributed by atoms with van der Waals surface area (Å²) >= 11 is 0. The van der Waals surface area contributed by atoms with Crippen LogP contribution in [-0.4, -0.2) is 92.5 Å². The van der Waals surface area contributed by atoms with E-state index in [4.69, 9.17) is 9.47 Å². The van der Waals surface area contributed by atoms with Gasteiger partial charge in [-0.1, -0.05) is 62.8 Å². The first-order valence-electron chi connectivity index (χ1n) is 20.8. The summed E-state index contributed by atoms with van der Waals surface area (Å²) in [6.07, 6.45) is 6.27. The summed E-state index contributed by atoms with van der Waals surface area (Å²) in [6.45, 7) is 21.1. The Morgan fingerprint density at radius 2 is 1.63 bits per heavy atom. The van der Waals surface area contributed by atoms with Crippen molar-refractivity contribution in [2.24, 2.45) is 17.8 Å². The predicted octanol–water partition coefficient (Wildman–Crippen LogP) is 6.67. The highest BCUT2D eigenvalue weighted by Crippen LogP contribution is 2.39. The summed E-state index contributed by atoms with van der Waals surface area (Å²) in [4.78, 5) is 68.9. The van der Waals surface area contributed by atoms with Gasteiger partial charge in [-0.25, -0.2) is 4.79 Å². The number of hydrogen-bond acceptors (Lipinski definition) is 9. The second-order valence-corrected chi connectivity index (χ2v) is 18.6. The minimum absolute atomic E-state index is 0.153. The van der Waals surface area contributed by atoms with Crippen molar-refractivity contribution < 1.29 is 38.7 Å². The first-order chi connectivity index (χ1) is 26.5. The lowest BCUT2D eigenvalue weighted by molar-refractivity contribution is -0.194. The number of likely N-dealkylation sites (tertiary alicyclic amines) is 1. The Balaban J connectivity index is 1.72. The summed E-state index contributed by atoms with van der Waals surface area (Å²) in [5.74, 6) is -2.91. The van der Waals surface area contributed by atoms with Gasteiger partial charge in [-0.2, -0.15) is 5.06 Å². The lowest BCUT2D eigenvalue weighted by Crippen LogP contribution is -2.53. The summed E-state index contributed by atoms with van der Waals surface area (Å²) in [7, 11) is 0. The fourth-order valence-electron chi connectivity index (χ4n) is 7.75. The number of nitrogens with zero attached hydrogens (tertiary/aromatic N) is 2. The van der Waals surface area contributed by atoms with Gasteiger partial charge in [0.1, 0.15) is 17.7 Å². The minimum atomic E-state index is -1.11. The normalized spacial score (nSPS) is 21.0. The van der Waals surface area contributed by atoms with E-state index in [0.29, 0.717) is 51.5 Å². The number of ether oxygens (including phenoxy) is 2. The van der Waals surface area contributed by atoms with Crippen molar-refractivity contribution in [2.75, 3.05) is 6.54 Å². The molecule has 13 nitrogen and oxygen atoms in total. The smallest absolute Gasteiger partial charge is 0.408 e. The van der Waals surface area contributed by atoms with E-state index >= 15 is 0 Å². The fourth-order valence-corrected chi connectivity index (χ4v) is 7.75. The van der Waals surface area contributed by atoms with Crippen molar-refractivity contribution in [3.63, 3.8) is 0 Å². The van der Waals surface area contributed by atoms with Gasteiger partial charge < -0.3 is 35.5 Å². The molecule has 2 heterocycles. The number of rotatable bonds is 18. The number of esters is 1. The molecule has 5 atom stereocenters. The fraction of sp³-hybridized carbons (Fsp3) is 0.705. The molecule has 2 fully saturated rings. The monoisotopic (exact) mass is 798 g/mol. The van der Waals surface area contributed by atoms with Gasteiger partial charge in [0.15, 0.2) is 0 Å². The Bertz CT molecular complexity index is 1540. The number of amides is 4. The van der Waals surface area contributed by atoms with Crippen LogP contribution in [0.4, 0.5) is 4.79 Å². The SMILES string of the molecule is CC(C)C[C@@H](/C=C/[C@H](Cc1ccccc1)C(=O)N1CCC[C@H]1NC(=O)[C@H](CCCCC(=O)N[C@H]1CC(C)(C)N(O)C1(C)C)C(=O)OC(C)C)NC(=O)OC(C)(C)C. The van der Waals surface area contributed by atoms with Gasteiger partial charge in [0.05, 0.1) is 29.6 Å². The summed E-state index contributed by atoms with van der Waals surface area (Å²) < 4.78 is 11.0. The molecule has 0 bridgehead atoms. The van der Waals surface area contributed by atoms with Crippen LogP contribution in [0, 0.1) is 17.8 Å². The molecule has 320 valence electrons. The van der Waals surface area contributed by atoms with Gasteiger partial charge in [-0.15, -0.1) is 0 Å². The van der Waals surface area contributed by atoms with Gasteiger partial charge >= 0.3 is 12.1 Å². The second-order valence-electron chi connectivity index (χ2n) is 18.6. The highest BCUT2D eigenvalue weighted by molar-refractivity contribution is 5.98. The van der Waals surface area contributed by atoms with E-state index in [1.54, 1.807) is 39.5 Å². The van der Waals surface area contributed by atoms with E-state index in [0.717, 1.165) is 5.56 Å². The molecule has 2 saturated heterocycles. The summed E-state index contributed by atoms with van der Waals surface area (Å²) in [6, 6.07) is 9.10. The van der Waals surface area contributed by atoms with Crippen molar-refractivity contribution in [1.29, 1.82) is 0 Å². The highest BCUT2D eigenvalue weighted by atomic mass is 16.6. The van der Waals surface area contributed by atoms with Gasteiger partial charge in [-0.3, -0.25) is 19.2 Å². The zero-order valence-corrected chi connectivity index (χ0v) is 36.4. The molecule has 0 aliphatic carbocycles. The molecule has 0 saturated carbocycles. The molecular weight excluding hydrogens is 727 g/mol. The van der Waals surface area contributed by atoms with Crippen LogP contribution in [0.3, 0.4) is 0 Å². The van der Waals surface area contributed by atoms with Crippen molar-refractivity contribution in [3.8, 4) is 0 Å². The average Bonchev–Trinajstić information content (AvgIpc) is 3.60. The molecule has 57 heavy (non-hydrogen) atoms. The van der Waals surface area contributed by atoms with Crippen molar-refractivity contribution in [3.05, 3.63) is 48.0 Å². The maximum atomic E-state index is 14.4. The Labute approximate surface area is 341 Å². The van der Waals surface area contributed by atoms with Crippen LogP contribution in [0.5, 0.6) is 0 Å². The summed E-state index contributed by atoms with van der Waals surface area (Å²) in [5.41, 5.74) is -0.801. The molecule has 3 rings (SSSR count). The quantitative estimate of drug-likeness (QED) is 0.0549. The van der Waals surface area contributed by atoms with E-state index in [2.05, 4.69) is 29.8 Å². The molecule has 0 radical (unpaired) electrons. The van der Waals surface area contributed by atoms with Gasteiger partial charge in [0.25, 0.3) is 0 Å². The topological polar surface area (TPSA) is 167 Å². The van der Waals surface area contributed by atoms with Gasteiger partial charge in [0.2, 0.25) is 17.7 Å². The molecule has 0 aromatic heterocycles. The molecule has 0 spiro atoms. The molecule has 13 heteroatoms. The third kappa shape index (κ3) is 14.7. The Kier molecular flexibility index (Phi) is 17.2. The van der Waals surface area contributed by atoms with Crippen LogP contribution in [0.25, 0.3) is 0 Å². The Morgan fingerprint density at radius 3 is 2.21 bits per heavy atom. The zero-order chi connectivity index (χ0) is 42.7. The lowest BCUT2D eigenvalue weighted by atomic mass is 9.94. The van der Waals surface area contributed by atoms with Crippen LogP contribution < -0.4 is 16.0 Å². The number of carbonyl (C=O) groups is 5. The molecule has 4 amide bonds. The molecule has 1 aromatic rings. The molecule has 2 aliphatic heterocycles. The van der Waals surface area contributed by atoms with Crippen LogP contribution in [0.1, 0.15) is 133 Å². The van der Waals surface area contributed by atoms with Crippen molar-refractivity contribution >= 4 is 29.8 Å². The standard InChI is InChI=1S/C44H71N5O8/c1-29(2)26-33(45-41(54)57-42(5,6)7)24-23-32(27-31-18-13-12-14-19-31)39(52)48-25-17-21-36(48)47-38(51)34(40(53)56-30(3)4)20-15-16-22-37(50)46-35-28-43(8,9)49(55)44(35,10)11/h12-14,18-19,23-24,29-30,32-36,55H,15-17,20-22,25-28H2,1-11H3,(H,45,54)(H,46,50)(H,47,51)/b24-23+/t32-,33-,34+,35+,36+/m1/s1. The van der Waals surface area contributed by atoms with Crippen molar-refractivity contribution in [1.82, 2.24) is 25.9 Å². The number of carbonyl (C=O) groups excluding carboxylic acids is 5. The zero-order valence-electron chi connectivity index (χ0n) is 36.4. The highest BCUT2D eigenvalue weighted by Gasteiger charge is 2.51. The van der Waals surface area contributed by atoms with Crippen molar-refractivity contribution in [2.45, 2.75) is 175 Å². The average molecular weight is 798 g/mol. The van der Waals surface area contributed by atoms with E-state index in [1.165, 1.54) is 5.06 Å². The van der Waals surface area contributed by atoms with Crippen LogP contribution in [-0.2, 0) is 35.1 Å². The molecular formula is C44H71N5O8.